The second-order valence-electron chi connectivity index (χ2n) is 8.16. The van der Waals surface area contributed by atoms with Crippen LogP contribution in [0.3, 0.4) is 0 Å². The normalized spacial score (nSPS) is 16.7. The molecule has 2 N–H and O–H groups in total. The summed E-state index contributed by atoms with van der Waals surface area (Å²) in [4.78, 5) is 21.8. The van der Waals surface area contributed by atoms with Gasteiger partial charge >= 0.3 is 0 Å². The molecular formula is C24H29N5O2. The number of benzene rings is 1. The number of likely N-dealkylation sites (tertiary alicyclic amines) is 1. The molecule has 0 radical (unpaired) electrons. The van der Waals surface area contributed by atoms with Gasteiger partial charge in [0.1, 0.15) is 6.07 Å². The van der Waals surface area contributed by atoms with Crippen LogP contribution < -0.4 is 5.32 Å². The first-order valence-electron chi connectivity index (χ1n) is 11.1. The van der Waals surface area contributed by atoms with Crippen LogP contribution in [0.15, 0.2) is 30.5 Å². The molecular weight excluding hydrogens is 390 g/mol. The van der Waals surface area contributed by atoms with E-state index < -0.39 is 0 Å². The summed E-state index contributed by atoms with van der Waals surface area (Å²) in [5.74, 6) is -0.219. The van der Waals surface area contributed by atoms with Crippen molar-refractivity contribution >= 4 is 17.2 Å². The number of rotatable bonds is 8. The first-order valence-corrected chi connectivity index (χ1v) is 11.1. The average Bonchev–Trinajstić information content (AvgIpc) is 3.50. The number of imidazole rings is 1. The van der Waals surface area contributed by atoms with Crippen LogP contribution in [0.5, 0.6) is 0 Å². The van der Waals surface area contributed by atoms with Crippen LogP contribution in [-0.2, 0) is 11.3 Å². The van der Waals surface area contributed by atoms with E-state index in [9.17, 15) is 4.79 Å². The molecule has 1 amide bonds. The lowest BCUT2D eigenvalue weighted by molar-refractivity contribution is 0.0992. The van der Waals surface area contributed by atoms with E-state index in [1.165, 1.54) is 44.1 Å². The molecule has 0 atom stereocenters. The van der Waals surface area contributed by atoms with Gasteiger partial charge in [-0.25, -0.2) is 4.98 Å². The van der Waals surface area contributed by atoms with Gasteiger partial charge in [-0.05, 0) is 74.9 Å². The third kappa shape index (κ3) is 5.60. The van der Waals surface area contributed by atoms with Crippen LogP contribution in [-0.4, -0.2) is 47.0 Å². The van der Waals surface area contributed by atoms with Crippen molar-refractivity contribution < 1.29 is 9.53 Å². The van der Waals surface area contributed by atoms with Gasteiger partial charge in [-0.15, -0.1) is 0 Å². The van der Waals surface area contributed by atoms with Crippen molar-refractivity contribution in [3.63, 3.8) is 0 Å². The number of amides is 1. The first-order chi connectivity index (χ1) is 15.2. The Morgan fingerprint density at radius 1 is 1.26 bits per heavy atom. The number of nitrogens with one attached hydrogen (secondary N) is 2. The fourth-order valence-corrected chi connectivity index (χ4v) is 4.21. The number of hydrogen-bond acceptors (Lipinski definition) is 5. The summed E-state index contributed by atoms with van der Waals surface area (Å²) in [6, 6.07) is 8.00. The van der Waals surface area contributed by atoms with Crippen molar-refractivity contribution in [2.24, 2.45) is 0 Å². The molecule has 7 heteroatoms. The third-order valence-electron chi connectivity index (χ3n) is 5.90. The van der Waals surface area contributed by atoms with Gasteiger partial charge in [0.05, 0.1) is 13.2 Å². The van der Waals surface area contributed by atoms with Crippen LogP contribution in [0.1, 0.15) is 66.0 Å². The zero-order valence-corrected chi connectivity index (χ0v) is 17.8. The molecule has 2 aliphatic rings. The van der Waals surface area contributed by atoms with Gasteiger partial charge in [0.15, 0.2) is 11.5 Å². The lowest BCUT2D eigenvalue weighted by atomic mass is 9.91. The van der Waals surface area contributed by atoms with E-state index in [0.717, 1.165) is 49.2 Å². The highest BCUT2D eigenvalue weighted by molar-refractivity contribution is 6.03. The molecule has 1 aromatic heterocycles. The Kier molecular flexibility index (Phi) is 7.13. The minimum Gasteiger partial charge on any atom is -0.375 e. The molecule has 7 nitrogen and oxygen atoms in total. The van der Waals surface area contributed by atoms with Crippen molar-refractivity contribution in [3.05, 3.63) is 53.1 Å². The van der Waals surface area contributed by atoms with Crippen molar-refractivity contribution in [1.29, 1.82) is 5.26 Å². The first kappa shape index (κ1) is 21.3. The fraction of sp³-hybridized carbons (Fsp3) is 0.458. The van der Waals surface area contributed by atoms with E-state index in [2.05, 4.69) is 32.3 Å². The van der Waals surface area contributed by atoms with E-state index in [1.54, 1.807) is 0 Å². The van der Waals surface area contributed by atoms with Crippen molar-refractivity contribution in [2.45, 2.75) is 45.1 Å². The fourth-order valence-electron chi connectivity index (χ4n) is 4.21. The summed E-state index contributed by atoms with van der Waals surface area (Å²) < 4.78 is 5.94. The van der Waals surface area contributed by atoms with Crippen LogP contribution in [0, 0.1) is 11.3 Å². The highest BCUT2D eigenvalue weighted by Gasteiger charge is 2.17. The Morgan fingerprint density at radius 3 is 2.87 bits per heavy atom. The molecule has 0 spiro atoms. The SMILES string of the molecule is N#Cc1c[nH]c(C(=O)Nc2ccc(COCCN3CCCC3)cc2C2=CCCCC2)n1. The topological polar surface area (TPSA) is 94.0 Å². The molecule has 0 unspecified atom stereocenters. The van der Waals surface area contributed by atoms with Crippen LogP contribution in [0.4, 0.5) is 5.69 Å². The van der Waals surface area contributed by atoms with E-state index in [-0.39, 0.29) is 17.4 Å². The largest absolute Gasteiger partial charge is 0.375 e. The molecule has 1 fully saturated rings. The summed E-state index contributed by atoms with van der Waals surface area (Å²) in [5, 5.41) is 11.9. The number of aromatic amines is 1. The number of aromatic nitrogens is 2. The van der Waals surface area contributed by atoms with Gasteiger partial charge in [0.25, 0.3) is 5.91 Å². The smallest absolute Gasteiger partial charge is 0.291 e. The molecule has 1 aliphatic heterocycles. The molecule has 4 rings (SSSR count). The minimum atomic E-state index is -0.353. The van der Waals surface area contributed by atoms with Crippen molar-refractivity contribution in [1.82, 2.24) is 14.9 Å². The van der Waals surface area contributed by atoms with Crippen LogP contribution >= 0.6 is 0 Å². The summed E-state index contributed by atoms with van der Waals surface area (Å²) in [5.41, 5.74) is 4.36. The van der Waals surface area contributed by atoms with Crippen molar-refractivity contribution in [2.75, 3.05) is 31.6 Å². The number of nitrogens with zero attached hydrogens (tertiary/aromatic N) is 3. The number of hydrogen-bond donors (Lipinski definition) is 2. The second kappa shape index (κ2) is 10.4. The average molecular weight is 420 g/mol. The molecule has 1 aliphatic carbocycles. The van der Waals surface area contributed by atoms with Gasteiger partial charge in [0.2, 0.25) is 0 Å². The van der Waals surface area contributed by atoms with Gasteiger partial charge in [0, 0.05) is 24.0 Å². The molecule has 0 bridgehead atoms. The number of H-pyrrole nitrogens is 1. The summed E-state index contributed by atoms with van der Waals surface area (Å²) in [6.45, 7) is 4.64. The van der Waals surface area contributed by atoms with Crippen LogP contribution in [0.25, 0.3) is 5.57 Å². The highest BCUT2D eigenvalue weighted by atomic mass is 16.5. The third-order valence-corrected chi connectivity index (χ3v) is 5.90. The van der Waals surface area contributed by atoms with Gasteiger partial charge < -0.3 is 19.9 Å². The summed E-state index contributed by atoms with van der Waals surface area (Å²) in [6.07, 6.45) is 10.7. The Bertz CT molecular complexity index is 982. The molecule has 31 heavy (non-hydrogen) atoms. The Labute approximate surface area is 183 Å². The minimum absolute atomic E-state index is 0.134. The number of nitriles is 1. The van der Waals surface area contributed by atoms with Crippen LogP contribution in [0.2, 0.25) is 0 Å². The maximum atomic E-state index is 12.6. The maximum absolute atomic E-state index is 12.6. The number of allylic oxidation sites excluding steroid dienone is 2. The Morgan fingerprint density at radius 2 is 2.13 bits per heavy atom. The molecule has 2 heterocycles. The zero-order chi connectivity index (χ0) is 21.5. The molecule has 2 aromatic rings. The van der Waals surface area contributed by atoms with E-state index in [0.29, 0.717) is 6.61 Å². The standard InChI is InChI=1S/C24H29N5O2/c25-15-20-16-26-23(27-20)24(30)28-22-9-8-18(14-21(22)19-6-2-1-3-7-19)17-31-13-12-29-10-4-5-11-29/h6,8-9,14,16H,1-5,7,10-13,17H2,(H,26,27)(H,28,30). The number of carbonyl (C=O) groups is 1. The number of carbonyl (C=O) groups excluding carboxylic acids is 1. The van der Waals surface area contributed by atoms with Crippen molar-refractivity contribution in [3.8, 4) is 6.07 Å². The van der Waals surface area contributed by atoms with E-state index >= 15 is 0 Å². The number of anilines is 1. The molecule has 1 aromatic carbocycles. The molecule has 162 valence electrons. The zero-order valence-electron chi connectivity index (χ0n) is 17.8. The summed E-state index contributed by atoms with van der Waals surface area (Å²) in [7, 11) is 0. The van der Waals surface area contributed by atoms with E-state index in [4.69, 9.17) is 10.00 Å². The Balaban J connectivity index is 1.45. The second-order valence-corrected chi connectivity index (χ2v) is 8.16. The van der Waals surface area contributed by atoms with Gasteiger partial charge in [-0.3, -0.25) is 4.79 Å². The quantitative estimate of drug-likeness (QED) is 0.628. The Hall–Kier alpha value is -2.95. The van der Waals surface area contributed by atoms with E-state index in [1.807, 2.05) is 18.2 Å². The maximum Gasteiger partial charge on any atom is 0.291 e. The molecule has 1 saturated heterocycles. The van der Waals surface area contributed by atoms with Gasteiger partial charge in [-0.1, -0.05) is 12.1 Å². The highest BCUT2D eigenvalue weighted by Crippen LogP contribution is 2.33. The van der Waals surface area contributed by atoms with Gasteiger partial charge in [-0.2, -0.15) is 5.26 Å². The molecule has 0 saturated carbocycles. The monoisotopic (exact) mass is 419 g/mol. The lowest BCUT2D eigenvalue weighted by Crippen LogP contribution is -2.23. The lowest BCUT2D eigenvalue weighted by Gasteiger charge is -2.19. The number of ether oxygens (including phenoxy) is 1. The predicted molar refractivity (Wildman–Crippen MR) is 119 cm³/mol. The predicted octanol–water partition coefficient (Wildman–Crippen LogP) is 4.10. The summed E-state index contributed by atoms with van der Waals surface area (Å²) >= 11 is 0.